The number of carbonyl (C=O) groups excluding carboxylic acids is 1. The van der Waals surface area contributed by atoms with E-state index in [-0.39, 0.29) is 6.03 Å². The second kappa shape index (κ2) is 9.08. The summed E-state index contributed by atoms with van der Waals surface area (Å²) in [5, 5.41) is 17.3. The summed E-state index contributed by atoms with van der Waals surface area (Å²) in [6.45, 7) is 3.91. The number of hydrogen-bond donors (Lipinski definition) is 2. The average molecular weight is 330 g/mol. The molecule has 0 bridgehead atoms. The third-order valence-electron chi connectivity index (χ3n) is 3.85. The molecule has 1 heterocycles. The molecule has 0 saturated heterocycles. The first-order valence-corrected chi connectivity index (χ1v) is 8.33. The van der Waals surface area contributed by atoms with Crippen LogP contribution in [0.1, 0.15) is 37.0 Å². The van der Waals surface area contributed by atoms with Crippen LogP contribution < -0.4 is 5.32 Å². The molecule has 2 N–H and O–H groups in total. The van der Waals surface area contributed by atoms with Gasteiger partial charge in [0.1, 0.15) is 0 Å². The van der Waals surface area contributed by atoms with Gasteiger partial charge in [-0.25, -0.2) is 4.79 Å². The number of carbonyl (C=O) groups is 1. The molecule has 130 valence electrons. The summed E-state index contributed by atoms with van der Waals surface area (Å²) in [6, 6.07) is 9.33. The first-order chi connectivity index (χ1) is 11.6. The predicted octanol–water partition coefficient (Wildman–Crippen LogP) is 2.56. The fourth-order valence-electron chi connectivity index (χ4n) is 2.42. The second-order valence-corrected chi connectivity index (χ2v) is 5.91. The number of aliphatic hydroxyl groups excluding tert-OH is 1. The Labute approximate surface area is 143 Å². The number of aromatic nitrogens is 2. The first kappa shape index (κ1) is 18.0. The van der Waals surface area contributed by atoms with Crippen LogP contribution in [0.3, 0.4) is 0 Å². The van der Waals surface area contributed by atoms with Gasteiger partial charge in [-0.15, -0.1) is 0 Å². The van der Waals surface area contributed by atoms with Crippen LogP contribution in [0.15, 0.2) is 42.7 Å². The van der Waals surface area contributed by atoms with Crippen molar-refractivity contribution in [1.82, 2.24) is 20.0 Å². The van der Waals surface area contributed by atoms with E-state index in [0.29, 0.717) is 19.5 Å². The first-order valence-electron chi connectivity index (χ1n) is 8.33. The lowest BCUT2D eigenvalue weighted by Crippen LogP contribution is -2.37. The van der Waals surface area contributed by atoms with Gasteiger partial charge in [0.25, 0.3) is 0 Å². The topological polar surface area (TPSA) is 70.4 Å². The summed E-state index contributed by atoms with van der Waals surface area (Å²) in [6.07, 6.45) is 4.69. The zero-order chi connectivity index (χ0) is 17.4. The monoisotopic (exact) mass is 330 g/mol. The molecule has 6 heteroatoms. The highest BCUT2D eigenvalue weighted by Gasteiger charge is 2.12. The van der Waals surface area contributed by atoms with Crippen LogP contribution in [-0.4, -0.2) is 39.4 Å². The molecule has 2 amide bonds. The van der Waals surface area contributed by atoms with Gasteiger partial charge in [0.05, 0.1) is 12.3 Å². The Bertz CT molecular complexity index is 627. The molecule has 0 aliphatic carbocycles. The van der Waals surface area contributed by atoms with E-state index in [1.165, 1.54) is 0 Å². The van der Waals surface area contributed by atoms with E-state index in [9.17, 15) is 9.90 Å². The van der Waals surface area contributed by atoms with Gasteiger partial charge in [0.2, 0.25) is 0 Å². The highest BCUT2D eigenvalue weighted by molar-refractivity contribution is 5.73. The van der Waals surface area contributed by atoms with Crippen molar-refractivity contribution in [2.45, 2.75) is 39.0 Å². The quantitative estimate of drug-likeness (QED) is 0.781. The van der Waals surface area contributed by atoms with Crippen LogP contribution in [0, 0.1) is 0 Å². The van der Waals surface area contributed by atoms with Gasteiger partial charge in [-0.3, -0.25) is 4.68 Å². The Morgan fingerprint density at radius 1 is 1.38 bits per heavy atom. The molecule has 1 atom stereocenters. The molecule has 1 aromatic heterocycles. The SMILES string of the molecule is CCCn1cc(CNC(=O)N(C)CC[C@@H](O)c2ccccc2)cn1. The Balaban J connectivity index is 1.73. The molecule has 6 nitrogen and oxygen atoms in total. The molecule has 0 fully saturated rings. The maximum atomic E-state index is 12.1. The molecule has 0 unspecified atom stereocenters. The van der Waals surface area contributed by atoms with E-state index < -0.39 is 6.10 Å². The number of urea groups is 1. The summed E-state index contributed by atoms with van der Waals surface area (Å²) < 4.78 is 1.88. The van der Waals surface area contributed by atoms with Crippen LogP contribution >= 0.6 is 0 Å². The van der Waals surface area contributed by atoms with E-state index in [1.54, 1.807) is 18.1 Å². The maximum Gasteiger partial charge on any atom is 0.317 e. The third kappa shape index (κ3) is 5.38. The summed E-state index contributed by atoms with van der Waals surface area (Å²) in [7, 11) is 1.73. The summed E-state index contributed by atoms with van der Waals surface area (Å²) >= 11 is 0. The lowest BCUT2D eigenvalue weighted by Gasteiger charge is -2.19. The number of hydrogen-bond acceptors (Lipinski definition) is 3. The Kier molecular flexibility index (Phi) is 6.81. The zero-order valence-corrected chi connectivity index (χ0v) is 14.4. The van der Waals surface area contributed by atoms with Gasteiger partial charge in [0, 0.05) is 38.4 Å². The Morgan fingerprint density at radius 3 is 2.83 bits per heavy atom. The third-order valence-corrected chi connectivity index (χ3v) is 3.85. The normalized spacial score (nSPS) is 12.0. The van der Waals surface area contributed by atoms with Crippen LogP contribution in [-0.2, 0) is 13.1 Å². The molecule has 0 aliphatic rings. The van der Waals surface area contributed by atoms with E-state index in [1.807, 2.05) is 41.2 Å². The van der Waals surface area contributed by atoms with Gasteiger partial charge in [-0.1, -0.05) is 37.3 Å². The highest BCUT2D eigenvalue weighted by Crippen LogP contribution is 2.16. The number of nitrogens with zero attached hydrogens (tertiary/aromatic N) is 3. The van der Waals surface area contributed by atoms with Crippen molar-refractivity contribution < 1.29 is 9.90 Å². The van der Waals surface area contributed by atoms with Crippen LogP contribution in [0.5, 0.6) is 0 Å². The molecule has 24 heavy (non-hydrogen) atoms. The number of benzene rings is 1. The van der Waals surface area contributed by atoms with Gasteiger partial charge < -0.3 is 15.3 Å². The smallest absolute Gasteiger partial charge is 0.317 e. The van der Waals surface area contributed by atoms with Gasteiger partial charge in [-0.2, -0.15) is 5.10 Å². The fourth-order valence-corrected chi connectivity index (χ4v) is 2.42. The minimum absolute atomic E-state index is 0.154. The lowest BCUT2D eigenvalue weighted by atomic mass is 10.1. The molecule has 2 aromatic rings. The van der Waals surface area contributed by atoms with Crippen molar-refractivity contribution in [1.29, 1.82) is 0 Å². The maximum absolute atomic E-state index is 12.1. The average Bonchev–Trinajstić information content (AvgIpc) is 3.06. The number of aryl methyl sites for hydroxylation is 1. The van der Waals surface area contributed by atoms with Gasteiger partial charge in [0.15, 0.2) is 0 Å². The molecule has 1 aromatic carbocycles. The van der Waals surface area contributed by atoms with Crippen LogP contribution in [0.25, 0.3) is 0 Å². The summed E-state index contributed by atoms with van der Waals surface area (Å²) in [5.41, 5.74) is 1.85. The predicted molar refractivity (Wildman–Crippen MR) is 93.4 cm³/mol. The molecule has 0 radical (unpaired) electrons. The Morgan fingerprint density at radius 2 is 2.12 bits per heavy atom. The molecule has 0 saturated carbocycles. The van der Waals surface area contributed by atoms with Crippen LogP contribution in [0.4, 0.5) is 4.79 Å². The molecule has 0 spiro atoms. The standard InChI is InChI=1S/C18H26N4O2/c1-3-10-22-14-15(13-20-22)12-19-18(24)21(2)11-9-17(23)16-7-5-4-6-8-16/h4-8,13-14,17,23H,3,9-12H2,1-2H3,(H,19,24)/t17-/m1/s1. The molecular formula is C18H26N4O2. The van der Waals surface area contributed by atoms with Gasteiger partial charge in [-0.05, 0) is 18.4 Å². The van der Waals surface area contributed by atoms with Gasteiger partial charge >= 0.3 is 6.03 Å². The minimum Gasteiger partial charge on any atom is -0.388 e. The van der Waals surface area contributed by atoms with Crippen molar-refractivity contribution in [3.05, 3.63) is 53.9 Å². The zero-order valence-electron chi connectivity index (χ0n) is 14.4. The molecular weight excluding hydrogens is 304 g/mol. The van der Waals surface area contributed by atoms with Crippen molar-refractivity contribution in [2.75, 3.05) is 13.6 Å². The van der Waals surface area contributed by atoms with E-state index >= 15 is 0 Å². The largest absolute Gasteiger partial charge is 0.388 e. The number of nitrogens with one attached hydrogen (secondary N) is 1. The number of amides is 2. The van der Waals surface area contributed by atoms with Crippen molar-refractivity contribution in [2.24, 2.45) is 0 Å². The molecule has 2 rings (SSSR count). The van der Waals surface area contributed by atoms with Crippen molar-refractivity contribution >= 4 is 6.03 Å². The number of rotatable bonds is 8. The highest BCUT2D eigenvalue weighted by atomic mass is 16.3. The minimum atomic E-state index is -0.561. The van der Waals surface area contributed by atoms with E-state index in [0.717, 1.165) is 24.1 Å². The fraction of sp³-hybridized carbons (Fsp3) is 0.444. The molecule has 0 aliphatic heterocycles. The van der Waals surface area contributed by atoms with E-state index in [2.05, 4.69) is 17.3 Å². The summed E-state index contributed by atoms with van der Waals surface area (Å²) in [4.78, 5) is 13.7. The van der Waals surface area contributed by atoms with Crippen molar-refractivity contribution in [3.63, 3.8) is 0 Å². The lowest BCUT2D eigenvalue weighted by molar-refractivity contribution is 0.150. The number of aliphatic hydroxyl groups is 1. The second-order valence-electron chi connectivity index (χ2n) is 5.91. The summed E-state index contributed by atoms with van der Waals surface area (Å²) in [5.74, 6) is 0. The van der Waals surface area contributed by atoms with Crippen LogP contribution in [0.2, 0.25) is 0 Å². The Hall–Kier alpha value is -2.34. The van der Waals surface area contributed by atoms with E-state index in [4.69, 9.17) is 0 Å². The van der Waals surface area contributed by atoms with Crippen molar-refractivity contribution in [3.8, 4) is 0 Å².